The number of nitrogens with one attached hydrogen (secondary N) is 1. The first-order valence-electron chi connectivity index (χ1n) is 6.99. The van der Waals surface area contributed by atoms with E-state index in [0.717, 1.165) is 19.3 Å². The van der Waals surface area contributed by atoms with Crippen LogP contribution in [0.4, 0.5) is 4.79 Å². The summed E-state index contributed by atoms with van der Waals surface area (Å²) in [4.78, 5) is 24.8. The predicted molar refractivity (Wildman–Crippen MR) is 70.9 cm³/mol. The summed E-state index contributed by atoms with van der Waals surface area (Å²) >= 11 is 0. The Kier molecular flexibility index (Phi) is 6.62. The highest BCUT2D eigenvalue weighted by molar-refractivity contribution is 5.76. The Balaban J connectivity index is 2.64. The van der Waals surface area contributed by atoms with Crippen molar-refractivity contribution in [3.8, 4) is 0 Å². The summed E-state index contributed by atoms with van der Waals surface area (Å²) in [5.41, 5.74) is 0. The highest BCUT2D eigenvalue weighted by atomic mass is 16.4. The summed E-state index contributed by atoms with van der Waals surface area (Å²) < 4.78 is 0. The minimum atomic E-state index is -0.836. The van der Waals surface area contributed by atoms with E-state index in [1.165, 1.54) is 4.90 Å². The molecule has 0 aromatic heterocycles. The van der Waals surface area contributed by atoms with Crippen LogP contribution in [0.5, 0.6) is 0 Å². The van der Waals surface area contributed by atoms with E-state index in [1.54, 1.807) is 0 Å². The van der Waals surface area contributed by atoms with Crippen molar-refractivity contribution >= 4 is 12.0 Å². The number of carboxylic acids is 1. The van der Waals surface area contributed by atoms with E-state index in [0.29, 0.717) is 19.4 Å². The van der Waals surface area contributed by atoms with Crippen LogP contribution in [0.3, 0.4) is 0 Å². The van der Waals surface area contributed by atoms with Gasteiger partial charge in [0.2, 0.25) is 0 Å². The van der Waals surface area contributed by atoms with Gasteiger partial charge in [0, 0.05) is 19.1 Å². The van der Waals surface area contributed by atoms with Gasteiger partial charge < -0.3 is 20.4 Å². The fourth-order valence-electron chi connectivity index (χ4n) is 2.55. The average molecular weight is 272 g/mol. The van der Waals surface area contributed by atoms with Crippen molar-refractivity contribution < 1.29 is 19.8 Å². The van der Waals surface area contributed by atoms with Crippen molar-refractivity contribution in [3.63, 3.8) is 0 Å². The van der Waals surface area contributed by atoms with Gasteiger partial charge in [-0.1, -0.05) is 19.3 Å². The Morgan fingerprint density at radius 1 is 1.26 bits per heavy atom. The molecule has 6 heteroatoms. The fourth-order valence-corrected chi connectivity index (χ4v) is 2.55. The Labute approximate surface area is 113 Å². The molecule has 1 saturated carbocycles. The van der Waals surface area contributed by atoms with Crippen molar-refractivity contribution in [2.24, 2.45) is 5.92 Å². The maximum Gasteiger partial charge on any atom is 0.317 e. The number of aliphatic hydroxyl groups is 1. The largest absolute Gasteiger partial charge is 0.481 e. The van der Waals surface area contributed by atoms with E-state index >= 15 is 0 Å². The quantitative estimate of drug-likeness (QED) is 0.652. The average Bonchev–Trinajstić information content (AvgIpc) is 2.61. The Hall–Kier alpha value is -1.30. The molecule has 0 aromatic rings. The summed E-state index contributed by atoms with van der Waals surface area (Å²) in [7, 11) is 0. The maximum absolute atomic E-state index is 12.0. The van der Waals surface area contributed by atoms with Crippen LogP contribution in [0.1, 0.15) is 39.0 Å². The number of aliphatic hydroxyl groups excluding tert-OH is 1. The van der Waals surface area contributed by atoms with Crippen LogP contribution in [-0.4, -0.2) is 52.9 Å². The van der Waals surface area contributed by atoms with Gasteiger partial charge in [0.15, 0.2) is 0 Å². The molecular formula is C13H24N2O4. The number of nitrogens with zero attached hydrogens (tertiary/aromatic N) is 1. The number of amides is 2. The minimum Gasteiger partial charge on any atom is -0.481 e. The van der Waals surface area contributed by atoms with E-state index in [2.05, 4.69) is 5.32 Å². The van der Waals surface area contributed by atoms with E-state index in [4.69, 9.17) is 5.11 Å². The summed E-state index contributed by atoms with van der Waals surface area (Å²) in [5, 5.41) is 21.0. The first-order chi connectivity index (χ1) is 9.10. The number of likely N-dealkylation sites (N-methyl/N-ethyl adjacent to an activating group) is 1. The normalized spacial score (nSPS) is 23.5. The lowest BCUT2D eigenvalue weighted by Crippen LogP contribution is -2.49. The van der Waals surface area contributed by atoms with Crippen molar-refractivity contribution in [2.75, 3.05) is 19.7 Å². The monoisotopic (exact) mass is 272 g/mol. The molecule has 6 nitrogen and oxygen atoms in total. The molecule has 1 fully saturated rings. The van der Waals surface area contributed by atoms with Crippen LogP contribution in [0.2, 0.25) is 0 Å². The van der Waals surface area contributed by atoms with Crippen LogP contribution >= 0.6 is 0 Å². The molecule has 19 heavy (non-hydrogen) atoms. The molecule has 0 aromatic carbocycles. The summed E-state index contributed by atoms with van der Waals surface area (Å²) in [6, 6.07) is -0.588. The lowest BCUT2D eigenvalue weighted by atomic mass is 9.95. The van der Waals surface area contributed by atoms with Crippen LogP contribution in [0.15, 0.2) is 0 Å². The molecular weight excluding hydrogens is 248 g/mol. The zero-order valence-electron chi connectivity index (χ0n) is 11.5. The van der Waals surface area contributed by atoms with Crippen LogP contribution in [-0.2, 0) is 4.79 Å². The van der Waals surface area contributed by atoms with E-state index < -0.39 is 11.9 Å². The van der Waals surface area contributed by atoms with Gasteiger partial charge in [-0.05, 0) is 19.8 Å². The second-order valence-corrected chi connectivity index (χ2v) is 4.94. The highest BCUT2D eigenvalue weighted by Gasteiger charge is 2.31. The molecule has 3 N–H and O–H groups in total. The second kappa shape index (κ2) is 7.99. The smallest absolute Gasteiger partial charge is 0.317 e. The first-order valence-corrected chi connectivity index (χ1v) is 6.99. The van der Waals surface area contributed by atoms with Crippen LogP contribution in [0, 0.1) is 5.92 Å². The zero-order valence-corrected chi connectivity index (χ0v) is 11.5. The SMILES string of the molecule is CCN(CCO)C(=O)NC1CCCCCC1C(=O)O. The van der Waals surface area contributed by atoms with Gasteiger partial charge in [-0.3, -0.25) is 4.79 Å². The standard InChI is InChI=1S/C13H24N2O4/c1-2-15(8-9-16)13(19)14-11-7-5-3-4-6-10(11)12(17)18/h10-11,16H,2-9H2,1H3,(H,14,19)(H,17,18). The number of hydrogen-bond donors (Lipinski definition) is 3. The number of rotatable bonds is 5. The molecule has 0 aliphatic heterocycles. The third-order valence-electron chi connectivity index (χ3n) is 3.68. The summed E-state index contributed by atoms with van der Waals surface area (Å²) in [6.45, 7) is 2.51. The zero-order chi connectivity index (χ0) is 14.3. The van der Waals surface area contributed by atoms with E-state index in [-0.39, 0.29) is 25.2 Å². The molecule has 0 radical (unpaired) electrons. The molecule has 0 saturated heterocycles. The maximum atomic E-state index is 12.0. The van der Waals surface area contributed by atoms with Gasteiger partial charge in [0.25, 0.3) is 0 Å². The van der Waals surface area contributed by atoms with Crippen molar-refractivity contribution in [1.29, 1.82) is 0 Å². The highest BCUT2D eigenvalue weighted by Crippen LogP contribution is 2.24. The molecule has 0 heterocycles. The predicted octanol–water partition coefficient (Wildman–Crippen LogP) is 1.04. The van der Waals surface area contributed by atoms with E-state index in [1.807, 2.05) is 6.92 Å². The number of carboxylic acid groups (broad SMARTS) is 1. The van der Waals surface area contributed by atoms with Crippen molar-refractivity contribution in [2.45, 2.75) is 45.1 Å². The number of carbonyl (C=O) groups is 2. The van der Waals surface area contributed by atoms with Gasteiger partial charge in [0.1, 0.15) is 0 Å². The van der Waals surface area contributed by atoms with Gasteiger partial charge in [0.05, 0.1) is 12.5 Å². The molecule has 1 aliphatic carbocycles. The minimum absolute atomic E-state index is 0.0890. The number of aliphatic carboxylic acids is 1. The van der Waals surface area contributed by atoms with E-state index in [9.17, 15) is 14.7 Å². The molecule has 110 valence electrons. The van der Waals surface area contributed by atoms with Gasteiger partial charge in [-0.25, -0.2) is 4.79 Å². The number of urea groups is 1. The molecule has 0 spiro atoms. The van der Waals surface area contributed by atoms with Crippen LogP contribution < -0.4 is 5.32 Å². The Morgan fingerprint density at radius 3 is 2.53 bits per heavy atom. The third kappa shape index (κ3) is 4.70. The van der Waals surface area contributed by atoms with Gasteiger partial charge in [-0.2, -0.15) is 0 Å². The number of carbonyl (C=O) groups excluding carboxylic acids is 1. The van der Waals surface area contributed by atoms with Crippen molar-refractivity contribution in [3.05, 3.63) is 0 Å². The molecule has 1 rings (SSSR count). The molecule has 2 unspecified atom stereocenters. The second-order valence-electron chi connectivity index (χ2n) is 4.94. The molecule has 2 atom stereocenters. The van der Waals surface area contributed by atoms with Crippen molar-refractivity contribution in [1.82, 2.24) is 10.2 Å². The Morgan fingerprint density at radius 2 is 1.95 bits per heavy atom. The van der Waals surface area contributed by atoms with Gasteiger partial charge in [-0.15, -0.1) is 0 Å². The van der Waals surface area contributed by atoms with Crippen LogP contribution in [0.25, 0.3) is 0 Å². The third-order valence-corrected chi connectivity index (χ3v) is 3.68. The molecule has 0 bridgehead atoms. The Bertz CT molecular complexity index is 309. The molecule has 2 amide bonds. The molecule has 1 aliphatic rings. The summed E-state index contributed by atoms with van der Waals surface area (Å²) in [6.07, 6.45) is 4.19. The fraction of sp³-hybridized carbons (Fsp3) is 0.846. The summed E-state index contributed by atoms with van der Waals surface area (Å²) in [5.74, 6) is -1.34. The first kappa shape index (κ1) is 15.8. The van der Waals surface area contributed by atoms with Gasteiger partial charge >= 0.3 is 12.0 Å². The lowest BCUT2D eigenvalue weighted by Gasteiger charge is -2.27. The topological polar surface area (TPSA) is 89.9 Å². The lowest BCUT2D eigenvalue weighted by molar-refractivity contribution is -0.142. The number of hydrogen-bond acceptors (Lipinski definition) is 3.